The summed E-state index contributed by atoms with van der Waals surface area (Å²) in [6.07, 6.45) is -4.69. The van der Waals surface area contributed by atoms with Crippen molar-refractivity contribution in [3.05, 3.63) is 63.7 Å². The molecule has 0 spiro atoms. The van der Waals surface area contributed by atoms with E-state index >= 15 is 0 Å². The Labute approximate surface area is 173 Å². The third-order valence-corrected chi connectivity index (χ3v) is 5.71. The summed E-state index contributed by atoms with van der Waals surface area (Å²) >= 11 is 1.19. The van der Waals surface area contributed by atoms with E-state index < -0.39 is 12.2 Å². The minimum absolute atomic E-state index is 0.0482. The molecule has 0 fully saturated rings. The van der Waals surface area contributed by atoms with Crippen LogP contribution in [0.25, 0.3) is 0 Å². The number of hydrogen-bond donors (Lipinski definition) is 0. The maximum absolute atomic E-state index is 13.3. The van der Waals surface area contributed by atoms with Gasteiger partial charge in [-0.2, -0.15) is 18.3 Å². The molecule has 1 aromatic carbocycles. The number of rotatable bonds is 4. The van der Waals surface area contributed by atoms with Gasteiger partial charge in [0, 0.05) is 18.2 Å². The molecule has 1 atom stereocenters. The third-order valence-electron chi connectivity index (χ3n) is 4.74. The second kappa shape index (κ2) is 7.75. The fourth-order valence-electron chi connectivity index (χ4n) is 3.32. The van der Waals surface area contributed by atoms with Gasteiger partial charge in [-0.05, 0) is 49.1 Å². The highest BCUT2D eigenvalue weighted by molar-refractivity contribution is 7.12. The molecule has 0 bridgehead atoms. The third kappa shape index (κ3) is 4.04. The molecule has 10 heteroatoms. The van der Waals surface area contributed by atoms with Crippen molar-refractivity contribution < 1.29 is 27.1 Å². The number of ether oxygens (including phenoxy) is 1. The molecule has 2 aromatic heterocycles. The lowest BCUT2D eigenvalue weighted by atomic mass is 10.1. The first kappa shape index (κ1) is 20.4. The molecule has 3 aromatic rings. The Hall–Kier alpha value is -2.88. The van der Waals surface area contributed by atoms with E-state index in [0.717, 1.165) is 10.2 Å². The van der Waals surface area contributed by atoms with Gasteiger partial charge in [-0.25, -0.2) is 9.07 Å². The van der Waals surface area contributed by atoms with Crippen molar-refractivity contribution >= 4 is 23.1 Å². The van der Waals surface area contributed by atoms with Crippen molar-refractivity contribution in [2.75, 3.05) is 11.4 Å². The van der Waals surface area contributed by atoms with Gasteiger partial charge in [0.05, 0.1) is 10.6 Å². The highest BCUT2D eigenvalue weighted by Gasteiger charge is 2.46. The number of aryl methyl sites for hydroxylation is 1. The SMILES string of the molecule is Cc1cc2n(n1)C(C(F)(F)F)CCN2C(=O)c1cc(COc2ccc(F)cc2)cs1. The molecular weight excluding hydrogens is 422 g/mol. The zero-order valence-corrected chi connectivity index (χ0v) is 16.6. The van der Waals surface area contributed by atoms with Gasteiger partial charge in [0.2, 0.25) is 0 Å². The predicted octanol–water partition coefficient (Wildman–Crippen LogP) is 5.13. The molecule has 1 amide bonds. The Morgan fingerprint density at radius 2 is 2.00 bits per heavy atom. The van der Waals surface area contributed by atoms with Gasteiger partial charge in [0.25, 0.3) is 5.91 Å². The normalized spacial score (nSPS) is 16.4. The average Bonchev–Trinajstić information content (AvgIpc) is 3.31. The molecule has 0 radical (unpaired) electrons. The summed E-state index contributed by atoms with van der Waals surface area (Å²) in [4.78, 5) is 14.7. The number of hydrogen-bond acceptors (Lipinski definition) is 4. The van der Waals surface area contributed by atoms with Crippen molar-refractivity contribution in [3.8, 4) is 5.75 Å². The van der Waals surface area contributed by atoms with Crippen molar-refractivity contribution in [2.45, 2.75) is 32.2 Å². The van der Waals surface area contributed by atoms with Gasteiger partial charge in [-0.1, -0.05) is 0 Å². The summed E-state index contributed by atoms with van der Waals surface area (Å²) in [5.74, 6) is -0.114. The highest BCUT2D eigenvalue weighted by atomic mass is 32.1. The van der Waals surface area contributed by atoms with Gasteiger partial charge in [0.15, 0.2) is 6.04 Å². The number of carbonyl (C=O) groups excluding carboxylic acids is 1. The van der Waals surface area contributed by atoms with Gasteiger partial charge >= 0.3 is 6.18 Å². The Kier molecular flexibility index (Phi) is 5.27. The number of alkyl halides is 3. The molecular formula is C20H17F4N3O2S. The van der Waals surface area contributed by atoms with Crippen LogP contribution in [-0.4, -0.2) is 28.4 Å². The summed E-state index contributed by atoms with van der Waals surface area (Å²) in [7, 11) is 0. The van der Waals surface area contributed by atoms with Crippen molar-refractivity contribution in [1.82, 2.24) is 9.78 Å². The molecule has 1 aliphatic heterocycles. The van der Waals surface area contributed by atoms with Crippen LogP contribution in [0.1, 0.15) is 33.4 Å². The van der Waals surface area contributed by atoms with Gasteiger partial charge in [-0.15, -0.1) is 11.3 Å². The van der Waals surface area contributed by atoms with E-state index in [2.05, 4.69) is 5.10 Å². The maximum atomic E-state index is 13.3. The standard InChI is InChI=1S/C20H17F4N3O2S/c1-12-8-18-26(7-6-17(20(22,23)24)27(18)25-12)19(28)16-9-13(11-30-16)10-29-15-4-2-14(21)3-5-15/h2-5,8-9,11,17H,6-7,10H2,1H3. The van der Waals surface area contributed by atoms with Crippen LogP contribution < -0.4 is 9.64 Å². The lowest BCUT2D eigenvalue weighted by Crippen LogP contribution is -2.42. The zero-order chi connectivity index (χ0) is 21.5. The second-order valence-corrected chi connectivity index (χ2v) is 7.86. The van der Waals surface area contributed by atoms with E-state index in [0.29, 0.717) is 16.3 Å². The smallest absolute Gasteiger partial charge is 0.410 e. The monoisotopic (exact) mass is 439 g/mol. The van der Waals surface area contributed by atoms with Crippen LogP contribution in [0.15, 0.2) is 41.8 Å². The minimum atomic E-state index is -4.43. The largest absolute Gasteiger partial charge is 0.489 e. The van der Waals surface area contributed by atoms with Crippen LogP contribution in [-0.2, 0) is 6.61 Å². The lowest BCUT2D eigenvalue weighted by Gasteiger charge is -2.33. The quantitative estimate of drug-likeness (QED) is 0.530. The molecule has 5 nitrogen and oxygen atoms in total. The molecule has 0 aliphatic carbocycles. The second-order valence-electron chi connectivity index (χ2n) is 6.95. The molecule has 1 unspecified atom stereocenters. The molecule has 4 rings (SSSR count). The average molecular weight is 439 g/mol. The summed E-state index contributed by atoms with van der Waals surface area (Å²) in [6, 6.07) is 6.97. The Morgan fingerprint density at radius 3 is 2.70 bits per heavy atom. The Bertz CT molecular complexity index is 1060. The van der Waals surface area contributed by atoms with E-state index in [1.54, 1.807) is 18.4 Å². The van der Waals surface area contributed by atoms with Gasteiger partial charge in [0.1, 0.15) is 24.0 Å². The number of benzene rings is 1. The number of fused-ring (bicyclic) bond motifs is 1. The molecule has 0 N–H and O–H groups in total. The Balaban J connectivity index is 1.50. The molecule has 0 saturated carbocycles. The number of thiophene rings is 1. The number of carbonyl (C=O) groups is 1. The molecule has 0 saturated heterocycles. The van der Waals surface area contributed by atoms with Crippen LogP contribution >= 0.6 is 11.3 Å². The molecule has 30 heavy (non-hydrogen) atoms. The summed E-state index contributed by atoms with van der Waals surface area (Å²) in [5.41, 5.74) is 1.15. The van der Waals surface area contributed by atoms with E-state index in [-0.39, 0.29) is 37.1 Å². The first-order chi connectivity index (χ1) is 14.2. The number of aromatic nitrogens is 2. The fraction of sp³-hybridized carbons (Fsp3) is 0.300. The molecule has 158 valence electrons. The van der Waals surface area contributed by atoms with Crippen LogP contribution in [0, 0.1) is 12.7 Å². The summed E-state index contributed by atoms with van der Waals surface area (Å²) in [5, 5.41) is 5.71. The Morgan fingerprint density at radius 1 is 1.27 bits per heavy atom. The number of amides is 1. The van der Waals surface area contributed by atoms with Crippen LogP contribution in [0.5, 0.6) is 5.75 Å². The van der Waals surface area contributed by atoms with Gasteiger partial charge in [-0.3, -0.25) is 9.69 Å². The van der Waals surface area contributed by atoms with Crippen LogP contribution in [0.2, 0.25) is 0 Å². The first-order valence-corrected chi connectivity index (χ1v) is 10.0. The van der Waals surface area contributed by atoms with Gasteiger partial charge < -0.3 is 4.74 Å². The van der Waals surface area contributed by atoms with Crippen LogP contribution in [0.4, 0.5) is 23.4 Å². The molecule has 1 aliphatic rings. The maximum Gasteiger partial charge on any atom is 0.410 e. The minimum Gasteiger partial charge on any atom is -0.489 e. The van der Waals surface area contributed by atoms with Crippen molar-refractivity contribution in [3.63, 3.8) is 0 Å². The van der Waals surface area contributed by atoms with E-state index in [1.807, 2.05) is 0 Å². The lowest BCUT2D eigenvalue weighted by molar-refractivity contribution is -0.172. The number of anilines is 1. The highest BCUT2D eigenvalue weighted by Crippen LogP contribution is 2.40. The predicted molar refractivity (Wildman–Crippen MR) is 103 cm³/mol. The zero-order valence-electron chi connectivity index (χ0n) is 15.8. The summed E-state index contributed by atoms with van der Waals surface area (Å²) in [6.45, 7) is 1.73. The van der Waals surface area contributed by atoms with Crippen molar-refractivity contribution in [1.29, 1.82) is 0 Å². The molecule has 3 heterocycles. The topological polar surface area (TPSA) is 47.4 Å². The van der Waals surface area contributed by atoms with Crippen LogP contribution in [0.3, 0.4) is 0 Å². The number of nitrogens with zero attached hydrogens (tertiary/aromatic N) is 3. The van der Waals surface area contributed by atoms with E-state index in [9.17, 15) is 22.4 Å². The first-order valence-electron chi connectivity index (χ1n) is 9.13. The van der Waals surface area contributed by atoms with E-state index in [1.165, 1.54) is 46.6 Å². The van der Waals surface area contributed by atoms with Crippen molar-refractivity contribution in [2.24, 2.45) is 0 Å². The summed E-state index contributed by atoms with van der Waals surface area (Å²) < 4.78 is 59.4. The fourth-order valence-corrected chi connectivity index (χ4v) is 4.17. The number of halogens is 4. The van der Waals surface area contributed by atoms with E-state index in [4.69, 9.17) is 4.74 Å².